The van der Waals surface area contributed by atoms with Crippen molar-refractivity contribution in [3.63, 3.8) is 0 Å². The van der Waals surface area contributed by atoms with E-state index in [0.29, 0.717) is 31.3 Å². The second kappa shape index (κ2) is 13.8. The molecule has 0 aliphatic carbocycles. The second-order valence-electron chi connectivity index (χ2n) is 8.18. The predicted octanol–water partition coefficient (Wildman–Crippen LogP) is 0.543. The number of carbonyl (C=O) groups is 1. The van der Waals surface area contributed by atoms with E-state index >= 15 is 0 Å². The minimum absolute atomic E-state index is 0. The molecule has 0 bridgehead atoms. The number of pyridine rings is 1. The van der Waals surface area contributed by atoms with Gasteiger partial charge >= 0.3 is 35.7 Å². The van der Waals surface area contributed by atoms with Gasteiger partial charge in [0, 0.05) is 36.7 Å². The average Bonchev–Trinajstić information content (AvgIpc) is 3.39. The monoisotopic (exact) mass is 515 g/mol. The van der Waals surface area contributed by atoms with E-state index in [4.69, 9.17) is 4.74 Å². The Bertz CT molecular complexity index is 1110. The predicted molar refractivity (Wildman–Crippen MR) is 120 cm³/mol. The van der Waals surface area contributed by atoms with E-state index in [-0.39, 0.29) is 36.0 Å². The van der Waals surface area contributed by atoms with Gasteiger partial charge in [0.2, 0.25) is 5.88 Å². The number of aromatic nitrogens is 5. The fourth-order valence-corrected chi connectivity index (χ4v) is 3.72. The van der Waals surface area contributed by atoms with Crippen LogP contribution in [0.15, 0.2) is 30.7 Å². The second-order valence-corrected chi connectivity index (χ2v) is 8.18. The molecule has 3 aromatic rings. The van der Waals surface area contributed by atoms with Crippen LogP contribution < -0.4 is 39.4 Å². The minimum Gasteiger partial charge on any atom is -0.550 e. The molecule has 0 aliphatic rings. The summed E-state index contributed by atoms with van der Waals surface area (Å²) >= 11 is 0. The summed E-state index contributed by atoms with van der Waals surface area (Å²) in [7, 11) is 0. The van der Waals surface area contributed by atoms with Gasteiger partial charge in [0.05, 0.1) is 17.9 Å². The van der Waals surface area contributed by atoms with Gasteiger partial charge in [0.15, 0.2) is 5.82 Å². The molecular formula is C24H29F3N5NaO3. The van der Waals surface area contributed by atoms with Crippen LogP contribution in [0.1, 0.15) is 61.9 Å². The van der Waals surface area contributed by atoms with E-state index in [0.717, 1.165) is 61.2 Å². The van der Waals surface area contributed by atoms with Gasteiger partial charge in [-0.25, -0.2) is 9.67 Å². The van der Waals surface area contributed by atoms with Gasteiger partial charge in [-0.05, 0) is 63.1 Å². The van der Waals surface area contributed by atoms with Gasteiger partial charge in [-0.1, -0.05) is 13.3 Å². The fourth-order valence-electron chi connectivity index (χ4n) is 3.72. The molecule has 0 saturated heterocycles. The van der Waals surface area contributed by atoms with E-state index in [9.17, 15) is 23.1 Å². The zero-order valence-corrected chi connectivity index (χ0v) is 22.8. The Hall–Kier alpha value is -2.37. The molecule has 0 fully saturated rings. The molecular weight excluding hydrogens is 486 g/mol. The van der Waals surface area contributed by atoms with Crippen molar-refractivity contribution in [2.24, 2.45) is 0 Å². The molecule has 0 saturated carbocycles. The number of nitrogens with zero attached hydrogens (tertiary/aromatic N) is 5. The Morgan fingerprint density at radius 2 is 1.83 bits per heavy atom. The van der Waals surface area contributed by atoms with Crippen LogP contribution in [0, 0.1) is 0 Å². The van der Waals surface area contributed by atoms with Gasteiger partial charge in [0.25, 0.3) is 0 Å². The standard InChI is InChI=1S/C24H30F3N5O3.Na/c1-3-7-20-17(16-32(29-20)21-11-10-19(14-28-21)24(25,26)27)8-5-6-13-31-15-18(9-12-22(33)34)23(30-31)35-4-2;/h10-11,14-16H,3-9,12-13H2,1-2H3,(H,33,34);/q;+1/p-1. The van der Waals surface area contributed by atoms with Gasteiger partial charge < -0.3 is 14.6 Å². The molecule has 0 radical (unpaired) electrons. The average molecular weight is 516 g/mol. The first-order valence-electron chi connectivity index (χ1n) is 11.7. The Kier molecular flexibility index (Phi) is 11.4. The van der Waals surface area contributed by atoms with E-state index in [2.05, 4.69) is 15.2 Å². The maximum atomic E-state index is 12.8. The van der Waals surface area contributed by atoms with Gasteiger partial charge in [-0.15, -0.1) is 5.10 Å². The molecule has 0 aliphatic heterocycles. The number of unbranched alkanes of at least 4 members (excludes halogenated alkanes) is 1. The topological polar surface area (TPSA) is 97.9 Å². The number of alkyl halides is 3. The Morgan fingerprint density at radius 1 is 1.06 bits per heavy atom. The smallest absolute Gasteiger partial charge is 0.550 e. The van der Waals surface area contributed by atoms with Crippen LogP contribution in [0.25, 0.3) is 5.82 Å². The number of ether oxygens (including phenoxy) is 1. The van der Waals surface area contributed by atoms with Crippen molar-refractivity contribution in [2.75, 3.05) is 6.61 Å². The van der Waals surface area contributed by atoms with Gasteiger partial charge in [-0.3, -0.25) is 4.68 Å². The number of carbonyl (C=O) groups excluding carboxylic acids is 1. The third-order valence-corrected chi connectivity index (χ3v) is 5.44. The van der Waals surface area contributed by atoms with Crippen LogP contribution in [-0.4, -0.2) is 37.1 Å². The van der Waals surface area contributed by atoms with E-state index < -0.39 is 17.7 Å². The molecule has 3 heterocycles. The zero-order chi connectivity index (χ0) is 25.4. The van der Waals surface area contributed by atoms with Crippen LogP contribution in [-0.2, 0) is 36.8 Å². The van der Waals surface area contributed by atoms with Crippen molar-refractivity contribution < 1.29 is 57.4 Å². The third kappa shape index (κ3) is 8.35. The molecule has 190 valence electrons. The molecule has 36 heavy (non-hydrogen) atoms. The summed E-state index contributed by atoms with van der Waals surface area (Å²) in [6, 6.07) is 2.33. The van der Waals surface area contributed by atoms with Crippen molar-refractivity contribution in [3.05, 3.63) is 53.1 Å². The number of halogens is 3. The number of hydrogen-bond donors (Lipinski definition) is 0. The maximum Gasteiger partial charge on any atom is 1.00 e. The zero-order valence-electron chi connectivity index (χ0n) is 20.8. The summed E-state index contributed by atoms with van der Waals surface area (Å²) in [5.74, 6) is -0.329. The molecule has 0 amide bonds. The minimum atomic E-state index is -4.43. The summed E-state index contributed by atoms with van der Waals surface area (Å²) in [5.41, 5.74) is 1.90. The number of hydrogen-bond acceptors (Lipinski definition) is 6. The third-order valence-electron chi connectivity index (χ3n) is 5.44. The number of carboxylic acids is 1. The normalized spacial score (nSPS) is 11.4. The number of aliphatic carboxylic acids is 1. The van der Waals surface area contributed by atoms with Crippen LogP contribution in [0.2, 0.25) is 0 Å². The van der Waals surface area contributed by atoms with E-state index in [1.165, 1.54) is 10.7 Å². The van der Waals surface area contributed by atoms with E-state index in [1.54, 1.807) is 4.68 Å². The quantitative estimate of drug-likeness (QED) is 0.244. The van der Waals surface area contributed by atoms with E-state index in [1.807, 2.05) is 26.2 Å². The molecule has 12 heteroatoms. The molecule has 0 aromatic carbocycles. The maximum absolute atomic E-state index is 12.8. The SMILES string of the molecule is CCCc1nn(-c2ccc(C(F)(F)F)cn2)cc1CCCCn1cc(CCC(=O)[O-])c(OCC)n1.[Na+]. The number of rotatable bonds is 13. The largest absolute Gasteiger partial charge is 1.00 e. The van der Waals surface area contributed by atoms with Crippen molar-refractivity contribution in [2.45, 2.75) is 71.5 Å². The van der Waals surface area contributed by atoms with Crippen LogP contribution in [0.3, 0.4) is 0 Å². The fraction of sp³-hybridized carbons (Fsp3) is 0.500. The first kappa shape index (κ1) is 29.9. The van der Waals surface area contributed by atoms with Gasteiger partial charge in [0.1, 0.15) is 0 Å². The Morgan fingerprint density at radius 3 is 2.44 bits per heavy atom. The first-order chi connectivity index (χ1) is 16.7. The van der Waals surface area contributed by atoms with Crippen LogP contribution in [0.4, 0.5) is 13.2 Å². The van der Waals surface area contributed by atoms with Crippen molar-refractivity contribution in [1.29, 1.82) is 0 Å². The molecule has 0 unspecified atom stereocenters. The van der Waals surface area contributed by atoms with Crippen LogP contribution >= 0.6 is 0 Å². The van der Waals surface area contributed by atoms with Gasteiger partial charge in [-0.2, -0.15) is 18.3 Å². The summed E-state index contributed by atoms with van der Waals surface area (Å²) in [5, 5.41) is 19.7. The molecule has 0 atom stereocenters. The molecule has 3 aromatic heterocycles. The number of aryl methyl sites for hydroxylation is 4. The Balaban J connectivity index is 0.00000456. The Labute approximate surface area is 230 Å². The van der Waals surface area contributed by atoms with Crippen molar-refractivity contribution in [1.82, 2.24) is 24.5 Å². The summed E-state index contributed by atoms with van der Waals surface area (Å²) in [4.78, 5) is 14.7. The molecule has 3 rings (SSSR count). The number of carboxylic acid groups (broad SMARTS) is 1. The molecule has 0 N–H and O–H groups in total. The van der Waals surface area contributed by atoms with Crippen molar-refractivity contribution >= 4 is 5.97 Å². The molecule has 0 spiro atoms. The van der Waals surface area contributed by atoms with Crippen LogP contribution in [0.5, 0.6) is 5.88 Å². The summed E-state index contributed by atoms with van der Waals surface area (Å²) < 4.78 is 47.3. The van der Waals surface area contributed by atoms with Crippen molar-refractivity contribution in [3.8, 4) is 11.7 Å². The molecule has 8 nitrogen and oxygen atoms in total. The summed E-state index contributed by atoms with van der Waals surface area (Å²) in [6.45, 7) is 4.97. The first-order valence-corrected chi connectivity index (χ1v) is 11.7. The summed E-state index contributed by atoms with van der Waals surface area (Å²) in [6.07, 6.45) is 4.33.